The molecule has 156 valence electrons. The molecule has 2 heterocycles. The summed E-state index contributed by atoms with van der Waals surface area (Å²) in [4.78, 5) is 16.4. The van der Waals surface area contributed by atoms with Gasteiger partial charge in [-0.3, -0.25) is 10.1 Å². The second kappa shape index (κ2) is 8.00. The topological polar surface area (TPSA) is 71.3 Å². The summed E-state index contributed by atoms with van der Waals surface area (Å²) < 4.78 is 15.6. The first-order valence-electron chi connectivity index (χ1n) is 10.0. The van der Waals surface area contributed by atoms with Gasteiger partial charge in [0.25, 0.3) is 0 Å². The Balaban J connectivity index is 1.34. The van der Waals surface area contributed by atoms with Gasteiger partial charge in [-0.2, -0.15) is 4.98 Å². The highest BCUT2D eigenvalue weighted by atomic mass is 35.5. The van der Waals surface area contributed by atoms with Crippen LogP contribution < -0.4 is 10.6 Å². The third kappa shape index (κ3) is 4.22. The SMILES string of the molecule is O=C(Nc1nc2cccc(-c3ccc(CNc4ccc(Cl)cc4F)cc3)n2n1)C1CC1. The molecule has 0 radical (unpaired) electrons. The molecule has 6 nitrogen and oxygen atoms in total. The molecule has 0 atom stereocenters. The van der Waals surface area contributed by atoms with E-state index in [-0.39, 0.29) is 17.6 Å². The highest BCUT2D eigenvalue weighted by Crippen LogP contribution is 2.30. The Kier molecular flexibility index (Phi) is 5.03. The van der Waals surface area contributed by atoms with Gasteiger partial charge in [-0.05, 0) is 48.7 Å². The molecule has 0 saturated heterocycles. The van der Waals surface area contributed by atoms with E-state index in [1.165, 1.54) is 6.07 Å². The van der Waals surface area contributed by atoms with Crippen LogP contribution in [0.4, 0.5) is 16.0 Å². The Hall–Kier alpha value is -3.45. The Bertz CT molecular complexity index is 1270. The molecule has 1 amide bonds. The summed E-state index contributed by atoms with van der Waals surface area (Å²) in [5, 5.41) is 10.7. The first-order chi connectivity index (χ1) is 15.1. The summed E-state index contributed by atoms with van der Waals surface area (Å²) in [5.41, 5.74) is 3.88. The molecule has 2 aromatic heterocycles. The zero-order valence-corrected chi connectivity index (χ0v) is 17.2. The molecule has 0 aliphatic heterocycles. The number of amides is 1. The van der Waals surface area contributed by atoms with Crippen molar-refractivity contribution in [2.24, 2.45) is 5.92 Å². The van der Waals surface area contributed by atoms with Gasteiger partial charge >= 0.3 is 0 Å². The third-order valence-corrected chi connectivity index (χ3v) is 5.44. The molecule has 2 aromatic carbocycles. The van der Waals surface area contributed by atoms with E-state index in [4.69, 9.17) is 11.6 Å². The van der Waals surface area contributed by atoms with Crippen molar-refractivity contribution in [2.45, 2.75) is 19.4 Å². The van der Waals surface area contributed by atoms with Gasteiger partial charge in [0, 0.05) is 23.0 Å². The van der Waals surface area contributed by atoms with Gasteiger partial charge in [-0.15, -0.1) is 5.10 Å². The number of pyridine rings is 1. The molecular weight excluding hydrogens is 417 g/mol. The fourth-order valence-corrected chi connectivity index (χ4v) is 3.52. The number of nitrogens with one attached hydrogen (secondary N) is 2. The van der Waals surface area contributed by atoms with Gasteiger partial charge in [0.15, 0.2) is 5.65 Å². The lowest BCUT2D eigenvalue weighted by molar-refractivity contribution is -0.117. The van der Waals surface area contributed by atoms with Crippen LogP contribution in [0, 0.1) is 11.7 Å². The molecule has 0 bridgehead atoms. The molecule has 0 spiro atoms. The van der Waals surface area contributed by atoms with Crippen LogP contribution in [0.3, 0.4) is 0 Å². The number of hydrogen-bond donors (Lipinski definition) is 2. The number of halogens is 2. The molecule has 8 heteroatoms. The highest BCUT2D eigenvalue weighted by molar-refractivity contribution is 6.30. The van der Waals surface area contributed by atoms with Crippen molar-refractivity contribution in [1.29, 1.82) is 0 Å². The minimum absolute atomic E-state index is 0.0218. The largest absolute Gasteiger partial charge is 0.379 e. The molecule has 4 aromatic rings. The highest BCUT2D eigenvalue weighted by Gasteiger charge is 2.30. The summed E-state index contributed by atoms with van der Waals surface area (Å²) in [6, 6.07) is 18.2. The number of rotatable bonds is 6. The standard InChI is InChI=1S/C23H19ClFN5O/c24-17-10-11-19(18(25)12-17)26-13-14-4-6-15(7-5-14)20-2-1-3-21-27-23(29-30(20)21)28-22(31)16-8-9-16/h1-7,10-12,16,26H,8-9,13H2,(H,28,29,31). The molecule has 5 rings (SSSR count). The van der Waals surface area contributed by atoms with Gasteiger partial charge in [0.05, 0.1) is 11.4 Å². The van der Waals surface area contributed by atoms with Gasteiger partial charge < -0.3 is 5.32 Å². The monoisotopic (exact) mass is 435 g/mol. The predicted molar refractivity (Wildman–Crippen MR) is 119 cm³/mol. The van der Waals surface area contributed by atoms with Crippen LogP contribution in [0.2, 0.25) is 5.02 Å². The number of hydrogen-bond acceptors (Lipinski definition) is 4. The fraction of sp³-hybridized carbons (Fsp3) is 0.174. The summed E-state index contributed by atoms with van der Waals surface area (Å²) in [6.45, 7) is 0.476. The third-order valence-electron chi connectivity index (χ3n) is 5.21. The number of benzene rings is 2. The van der Waals surface area contributed by atoms with Gasteiger partial charge in [-0.1, -0.05) is 41.9 Å². The van der Waals surface area contributed by atoms with Crippen LogP contribution in [0.25, 0.3) is 16.9 Å². The van der Waals surface area contributed by atoms with E-state index in [0.717, 1.165) is 29.7 Å². The maximum Gasteiger partial charge on any atom is 0.249 e. The molecule has 2 N–H and O–H groups in total. The van der Waals surface area contributed by atoms with Crippen molar-refractivity contribution >= 4 is 34.8 Å². The second-order valence-corrected chi connectivity index (χ2v) is 7.99. The number of carbonyl (C=O) groups is 1. The van der Waals surface area contributed by atoms with Crippen molar-refractivity contribution in [3.05, 3.63) is 77.1 Å². The van der Waals surface area contributed by atoms with Crippen molar-refractivity contribution < 1.29 is 9.18 Å². The minimum Gasteiger partial charge on any atom is -0.379 e. The lowest BCUT2D eigenvalue weighted by atomic mass is 10.1. The lowest BCUT2D eigenvalue weighted by Crippen LogP contribution is -2.14. The van der Waals surface area contributed by atoms with Crippen molar-refractivity contribution in [3.63, 3.8) is 0 Å². The van der Waals surface area contributed by atoms with Gasteiger partial charge in [0.1, 0.15) is 5.82 Å². The molecule has 1 saturated carbocycles. The Labute approximate surface area is 183 Å². The number of fused-ring (bicyclic) bond motifs is 1. The Morgan fingerprint density at radius 2 is 1.94 bits per heavy atom. The van der Waals surface area contributed by atoms with Crippen molar-refractivity contribution in [1.82, 2.24) is 14.6 Å². The van der Waals surface area contributed by atoms with Gasteiger partial charge in [0.2, 0.25) is 11.9 Å². The quantitative estimate of drug-likeness (QED) is 0.439. The summed E-state index contributed by atoms with van der Waals surface area (Å²) >= 11 is 5.79. The molecular formula is C23H19ClFN5O. The zero-order chi connectivity index (χ0) is 21.4. The van der Waals surface area contributed by atoms with E-state index < -0.39 is 0 Å². The van der Waals surface area contributed by atoms with E-state index >= 15 is 0 Å². The molecule has 1 fully saturated rings. The smallest absolute Gasteiger partial charge is 0.249 e. The van der Waals surface area contributed by atoms with E-state index in [1.54, 1.807) is 16.6 Å². The molecule has 1 aliphatic rings. The first-order valence-corrected chi connectivity index (χ1v) is 10.4. The van der Waals surface area contributed by atoms with Gasteiger partial charge in [-0.25, -0.2) is 8.91 Å². The van der Waals surface area contributed by atoms with E-state index in [2.05, 4.69) is 20.7 Å². The van der Waals surface area contributed by atoms with E-state index in [0.29, 0.717) is 28.9 Å². The van der Waals surface area contributed by atoms with E-state index in [1.807, 2.05) is 42.5 Å². The first kappa shape index (κ1) is 19.5. The van der Waals surface area contributed by atoms with Crippen LogP contribution in [-0.2, 0) is 11.3 Å². The van der Waals surface area contributed by atoms with Crippen molar-refractivity contribution in [3.8, 4) is 11.3 Å². The van der Waals surface area contributed by atoms with Crippen molar-refractivity contribution in [2.75, 3.05) is 10.6 Å². The minimum atomic E-state index is -0.383. The molecule has 1 aliphatic carbocycles. The maximum atomic E-state index is 13.9. The fourth-order valence-electron chi connectivity index (χ4n) is 3.36. The second-order valence-electron chi connectivity index (χ2n) is 7.55. The van der Waals surface area contributed by atoms with Crippen LogP contribution >= 0.6 is 11.6 Å². The normalized spacial score (nSPS) is 13.4. The predicted octanol–water partition coefficient (Wildman–Crippen LogP) is 5.15. The average molecular weight is 436 g/mol. The summed E-state index contributed by atoms with van der Waals surface area (Å²) in [5.74, 6) is 0.00161. The summed E-state index contributed by atoms with van der Waals surface area (Å²) in [6.07, 6.45) is 1.85. The number of anilines is 2. The Morgan fingerprint density at radius 1 is 1.13 bits per heavy atom. The van der Waals surface area contributed by atoms with Crippen LogP contribution in [0.15, 0.2) is 60.7 Å². The molecule has 0 unspecified atom stereocenters. The Morgan fingerprint density at radius 3 is 2.68 bits per heavy atom. The average Bonchev–Trinajstić information content (AvgIpc) is 3.53. The summed E-state index contributed by atoms with van der Waals surface area (Å²) in [7, 11) is 0. The van der Waals surface area contributed by atoms with Crippen LogP contribution in [0.1, 0.15) is 18.4 Å². The lowest BCUT2D eigenvalue weighted by Gasteiger charge is -2.09. The molecule has 31 heavy (non-hydrogen) atoms. The maximum absolute atomic E-state index is 13.9. The number of aromatic nitrogens is 3. The van der Waals surface area contributed by atoms with E-state index in [9.17, 15) is 9.18 Å². The van der Waals surface area contributed by atoms with Crippen LogP contribution in [0.5, 0.6) is 0 Å². The van der Waals surface area contributed by atoms with Crippen LogP contribution in [-0.4, -0.2) is 20.5 Å². The zero-order valence-electron chi connectivity index (χ0n) is 16.5. The number of nitrogens with zero attached hydrogens (tertiary/aromatic N) is 3. The number of carbonyl (C=O) groups excluding carboxylic acids is 1.